The number of hydrogen-bond acceptors (Lipinski definition) is 5. The molecule has 1 aromatic heterocycles. The van der Waals surface area contributed by atoms with Crippen LogP contribution in [0.2, 0.25) is 0 Å². The van der Waals surface area contributed by atoms with E-state index in [1.54, 1.807) is 18.5 Å². The summed E-state index contributed by atoms with van der Waals surface area (Å²) in [6.45, 7) is 3.47. The Morgan fingerprint density at radius 3 is 2.62 bits per heavy atom. The summed E-state index contributed by atoms with van der Waals surface area (Å²) in [6, 6.07) is 2.52. The van der Waals surface area contributed by atoms with Crippen LogP contribution >= 0.6 is 0 Å². The van der Waals surface area contributed by atoms with Crippen LogP contribution in [0.3, 0.4) is 0 Å². The van der Waals surface area contributed by atoms with Crippen molar-refractivity contribution in [2.45, 2.75) is 51.1 Å². The lowest BCUT2D eigenvalue weighted by atomic mass is 9.90. The van der Waals surface area contributed by atoms with Crippen molar-refractivity contribution in [3.63, 3.8) is 0 Å². The average molecular weight is 291 g/mol. The summed E-state index contributed by atoms with van der Waals surface area (Å²) in [5, 5.41) is 2.75. The van der Waals surface area contributed by atoms with Crippen molar-refractivity contribution in [3.8, 4) is 0 Å². The number of carbonyl (C=O) groups is 1. The van der Waals surface area contributed by atoms with Gasteiger partial charge in [-0.15, -0.1) is 0 Å². The van der Waals surface area contributed by atoms with Gasteiger partial charge in [-0.05, 0) is 44.7 Å². The van der Waals surface area contributed by atoms with Gasteiger partial charge in [-0.1, -0.05) is 6.92 Å². The van der Waals surface area contributed by atoms with Crippen LogP contribution in [0.4, 0.5) is 5.95 Å². The van der Waals surface area contributed by atoms with E-state index in [4.69, 9.17) is 5.73 Å². The zero-order valence-electron chi connectivity index (χ0n) is 12.7. The largest absolute Gasteiger partial charge is 0.328 e. The number of anilines is 1. The average Bonchev–Trinajstić information content (AvgIpc) is 2.48. The third-order valence-corrected chi connectivity index (χ3v) is 3.93. The lowest BCUT2D eigenvalue weighted by molar-refractivity contribution is -0.118. The molecule has 6 heteroatoms. The van der Waals surface area contributed by atoms with E-state index in [0.29, 0.717) is 24.6 Å². The summed E-state index contributed by atoms with van der Waals surface area (Å²) in [5.41, 5.74) is 5.96. The maximum atomic E-state index is 12.1. The minimum absolute atomic E-state index is 0.0514. The fourth-order valence-corrected chi connectivity index (χ4v) is 2.86. The number of nitrogens with two attached hydrogens (primary N) is 1. The smallest absolute Gasteiger partial charge is 0.240 e. The van der Waals surface area contributed by atoms with Crippen LogP contribution in [0.1, 0.15) is 39.0 Å². The molecule has 1 amide bonds. The predicted octanol–water partition coefficient (Wildman–Crippen LogP) is 1.40. The summed E-state index contributed by atoms with van der Waals surface area (Å²) >= 11 is 0. The summed E-state index contributed by atoms with van der Waals surface area (Å²) < 4.78 is 0. The molecule has 6 nitrogen and oxygen atoms in total. The number of amides is 1. The van der Waals surface area contributed by atoms with Gasteiger partial charge in [0.15, 0.2) is 0 Å². The highest BCUT2D eigenvalue weighted by molar-refractivity contribution is 5.90. The van der Waals surface area contributed by atoms with Gasteiger partial charge in [0.2, 0.25) is 11.9 Å². The van der Waals surface area contributed by atoms with Gasteiger partial charge in [0.1, 0.15) is 0 Å². The molecule has 1 saturated carbocycles. The molecule has 2 rings (SSSR count). The van der Waals surface area contributed by atoms with E-state index in [9.17, 15) is 4.79 Å². The van der Waals surface area contributed by atoms with Gasteiger partial charge in [-0.2, -0.15) is 0 Å². The van der Waals surface area contributed by atoms with Crippen molar-refractivity contribution in [2.75, 3.05) is 18.4 Å². The molecule has 0 unspecified atom stereocenters. The van der Waals surface area contributed by atoms with E-state index in [0.717, 1.165) is 38.6 Å². The van der Waals surface area contributed by atoms with Crippen LogP contribution < -0.4 is 11.1 Å². The molecule has 0 atom stereocenters. The molecule has 0 aliphatic heterocycles. The van der Waals surface area contributed by atoms with E-state index < -0.39 is 0 Å². The molecule has 0 bridgehead atoms. The van der Waals surface area contributed by atoms with E-state index in [2.05, 4.69) is 27.1 Å². The number of carbonyl (C=O) groups excluding carboxylic acids is 1. The standard InChI is InChI=1S/C15H25N5O/c1-2-10-20(13-6-4-12(16)5-7-13)11-14(21)19-15-17-8-3-9-18-15/h3,8-9,12-13H,2,4-7,10-11,16H2,1H3,(H,17,18,19,21). The summed E-state index contributed by atoms with van der Waals surface area (Å²) in [5.74, 6) is 0.314. The van der Waals surface area contributed by atoms with Crippen molar-refractivity contribution in [1.82, 2.24) is 14.9 Å². The van der Waals surface area contributed by atoms with E-state index >= 15 is 0 Å². The van der Waals surface area contributed by atoms with Crippen LogP contribution in [0.25, 0.3) is 0 Å². The number of nitrogens with zero attached hydrogens (tertiary/aromatic N) is 3. The normalized spacial score (nSPS) is 22.2. The van der Waals surface area contributed by atoms with Crippen molar-refractivity contribution in [3.05, 3.63) is 18.5 Å². The van der Waals surface area contributed by atoms with Gasteiger partial charge in [0, 0.05) is 24.5 Å². The highest BCUT2D eigenvalue weighted by Crippen LogP contribution is 2.22. The summed E-state index contributed by atoms with van der Waals surface area (Å²) in [4.78, 5) is 22.4. The van der Waals surface area contributed by atoms with Crippen LogP contribution in [0.15, 0.2) is 18.5 Å². The Morgan fingerprint density at radius 1 is 1.33 bits per heavy atom. The molecule has 0 radical (unpaired) electrons. The van der Waals surface area contributed by atoms with Crippen molar-refractivity contribution >= 4 is 11.9 Å². The lowest BCUT2D eigenvalue weighted by Crippen LogP contribution is -2.44. The van der Waals surface area contributed by atoms with E-state index in [-0.39, 0.29) is 5.91 Å². The van der Waals surface area contributed by atoms with Crippen LogP contribution in [-0.2, 0) is 4.79 Å². The summed E-state index contributed by atoms with van der Waals surface area (Å²) in [6.07, 6.45) is 8.54. The van der Waals surface area contributed by atoms with Crippen molar-refractivity contribution in [1.29, 1.82) is 0 Å². The molecule has 1 fully saturated rings. The molecule has 1 aliphatic carbocycles. The van der Waals surface area contributed by atoms with Crippen molar-refractivity contribution in [2.24, 2.45) is 5.73 Å². The molecule has 116 valence electrons. The first-order valence-electron chi connectivity index (χ1n) is 7.75. The topological polar surface area (TPSA) is 84.1 Å². The first-order chi connectivity index (χ1) is 10.2. The third kappa shape index (κ3) is 5.06. The fraction of sp³-hybridized carbons (Fsp3) is 0.667. The second kappa shape index (κ2) is 8.05. The van der Waals surface area contributed by atoms with Gasteiger partial charge in [-0.3, -0.25) is 15.0 Å². The quantitative estimate of drug-likeness (QED) is 0.827. The zero-order valence-corrected chi connectivity index (χ0v) is 12.7. The molecule has 0 saturated heterocycles. The molecule has 1 aromatic rings. The second-order valence-corrected chi connectivity index (χ2v) is 5.66. The lowest BCUT2D eigenvalue weighted by Gasteiger charge is -2.35. The van der Waals surface area contributed by atoms with Crippen LogP contribution in [0, 0.1) is 0 Å². The molecular weight excluding hydrogens is 266 g/mol. The Morgan fingerprint density at radius 2 is 2.00 bits per heavy atom. The minimum atomic E-state index is -0.0514. The van der Waals surface area contributed by atoms with E-state index in [1.807, 2.05) is 0 Å². The number of hydrogen-bond donors (Lipinski definition) is 2. The third-order valence-electron chi connectivity index (χ3n) is 3.93. The summed E-state index contributed by atoms with van der Waals surface area (Å²) in [7, 11) is 0. The van der Waals surface area contributed by atoms with Crippen molar-refractivity contribution < 1.29 is 4.79 Å². The van der Waals surface area contributed by atoms with Gasteiger partial charge < -0.3 is 5.73 Å². The number of nitrogens with one attached hydrogen (secondary N) is 1. The Balaban J connectivity index is 1.88. The molecule has 3 N–H and O–H groups in total. The molecule has 1 heterocycles. The Labute approximate surface area is 126 Å². The second-order valence-electron chi connectivity index (χ2n) is 5.66. The molecule has 0 aromatic carbocycles. The monoisotopic (exact) mass is 291 g/mol. The van der Waals surface area contributed by atoms with Gasteiger partial charge in [0.25, 0.3) is 0 Å². The zero-order chi connectivity index (χ0) is 15.1. The Kier molecular flexibility index (Phi) is 6.07. The van der Waals surface area contributed by atoms with Crippen LogP contribution in [-0.4, -0.2) is 45.9 Å². The molecule has 1 aliphatic rings. The Hall–Kier alpha value is -1.53. The fourth-order valence-electron chi connectivity index (χ4n) is 2.86. The van der Waals surface area contributed by atoms with Crippen LogP contribution in [0.5, 0.6) is 0 Å². The highest BCUT2D eigenvalue weighted by atomic mass is 16.2. The van der Waals surface area contributed by atoms with Gasteiger partial charge >= 0.3 is 0 Å². The maximum Gasteiger partial charge on any atom is 0.240 e. The number of rotatable bonds is 6. The number of aromatic nitrogens is 2. The minimum Gasteiger partial charge on any atom is -0.328 e. The Bertz CT molecular complexity index is 431. The maximum absolute atomic E-state index is 12.1. The molecule has 0 spiro atoms. The highest BCUT2D eigenvalue weighted by Gasteiger charge is 2.25. The molecule has 21 heavy (non-hydrogen) atoms. The van der Waals surface area contributed by atoms with Gasteiger partial charge in [-0.25, -0.2) is 9.97 Å². The van der Waals surface area contributed by atoms with E-state index in [1.165, 1.54) is 0 Å². The SMILES string of the molecule is CCCN(CC(=O)Nc1ncccn1)C1CCC(N)CC1. The first kappa shape index (κ1) is 15.9. The molecular formula is C15H25N5O. The predicted molar refractivity (Wildman–Crippen MR) is 82.8 cm³/mol. The van der Waals surface area contributed by atoms with Gasteiger partial charge in [0.05, 0.1) is 6.54 Å². The first-order valence-corrected chi connectivity index (χ1v) is 7.75.